The number of benzene rings is 4. The van der Waals surface area contributed by atoms with Crippen molar-refractivity contribution in [1.29, 1.82) is 0 Å². The molecule has 0 amide bonds. The number of hydrogen-bond donors (Lipinski definition) is 0. The molecule has 54 heavy (non-hydrogen) atoms. The van der Waals surface area contributed by atoms with Crippen molar-refractivity contribution in [2.75, 3.05) is 0 Å². The summed E-state index contributed by atoms with van der Waals surface area (Å²) in [5.74, 6) is 0. The molecule has 0 aliphatic rings. The van der Waals surface area contributed by atoms with Gasteiger partial charge < -0.3 is 0 Å². The topological polar surface area (TPSA) is 0 Å². The molecular weight excluding hydrogens is 1060 g/mol. The van der Waals surface area contributed by atoms with Crippen molar-refractivity contribution in [3.63, 3.8) is 0 Å². The quantitative estimate of drug-likeness (QED) is 0.105. The second-order valence-electron chi connectivity index (χ2n) is 14.4. The van der Waals surface area contributed by atoms with Crippen LogP contribution in [0.3, 0.4) is 0 Å². The maximum atomic E-state index is 2.33. The summed E-state index contributed by atoms with van der Waals surface area (Å²) in [4.78, 5) is 0. The molecule has 0 fully saturated rings. The second-order valence-corrected chi connectivity index (χ2v) is 40.0. The van der Waals surface area contributed by atoms with Gasteiger partial charge in [0.2, 0.25) is 0 Å². The Morgan fingerprint density at radius 1 is 0.352 bits per heavy atom. The van der Waals surface area contributed by atoms with E-state index in [9.17, 15) is 0 Å². The molecule has 280 valence electrons. The third kappa shape index (κ3) is 16.3. The molecule has 0 bridgehead atoms. The van der Waals surface area contributed by atoms with E-state index < -0.39 is 0 Å². The SMILES string of the molecule is C[Si](C)=[Hf+2].C[Si](C)=[Hf+2].Cc1cc2c(C)cccc2[cH-]1.Cc1cc2c(C)cccc2[cH-]1.Cc1cc2c(C)cccc2[cH-]1.Cc1cc2c(C)cccc2[cH-]1.Cl.Cl. The van der Waals surface area contributed by atoms with Crippen molar-refractivity contribution in [1.82, 2.24) is 0 Å². The van der Waals surface area contributed by atoms with Crippen LogP contribution < -0.4 is 0 Å². The van der Waals surface area contributed by atoms with Crippen LogP contribution >= 0.6 is 24.8 Å². The summed E-state index contributed by atoms with van der Waals surface area (Å²) >= 11 is 2.90. The molecular formula is C48H58Cl2Hf2Si2. The minimum absolute atomic E-state index is 0. The molecule has 0 unspecified atom stereocenters. The van der Waals surface area contributed by atoms with Gasteiger partial charge in [0.25, 0.3) is 0 Å². The first-order valence-corrected chi connectivity index (χ1v) is 33.9. The van der Waals surface area contributed by atoms with Gasteiger partial charge in [-0.1, -0.05) is 74.2 Å². The van der Waals surface area contributed by atoms with Gasteiger partial charge in [-0.25, -0.2) is 0 Å². The fraction of sp³-hybridized carbons (Fsp3) is 0.250. The van der Waals surface area contributed by atoms with Crippen molar-refractivity contribution in [2.45, 2.75) is 81.6 Å². The molecule has 0 N–H and O–H groups in total. The molecule has 6 heteroatoms. The third-order valence-corrected chi connectivity index (χ3v) is 8.45. The van der Waals surface area contributed by atoms with Crippen molar-refractivity contribution >= 4 is 78.9 Å². The second kappa shape index (κ2) is 24.7. The number of halogens is 2. The van der Waals surface area contributed by atoms with Crippen LogP contribution in [0.2, 0.25) is 26.2 Å². The van der Waals surface area contributed by atoms with Gasteiger partial charge in [0.1, 0.15) is 0 Å². The van der Waals surface area contributed by atoms with Gasteiger partial charge in [-0.2, -0.15) is 24.3 Å². The Balaban J connectivity index is 0.000000334. The fourth-order valence-electron chi connectivity index (χ4n) is 6.16. The molecule has 8 aromatic rings. The van der Waals surface area contributed by atoms with Crippen LogP contribution in [0.15, 0.2) is 121 Å². The van der Waals surface area contributed by atoms with E-state index in [1.165, 1.54) is 134 Å². The molecule has 0 saturated heterocycles. The first-order chi connectivity index (χ1) is 24.5. The monoisotopic (exact) mass is 1120 g/mol. The Morgan fingerprint density at radius 3 is 0.667 bits per heavy atom. The summed E-state index contributed by atoms with van der Waals surface area (Å²) in [6.45, 7) is 26.5. The van der Waals surface area contributed by atoms with Crippen LogP contribution in [0.5, 0.6) is 0 Å². The van der Waals surface area contributed by atoms with Crippen molar-refractivity contribution in [3.8, 4) is 0 Å². The number of hydrogen-bond acceptors (Lipinski definition) is 0. The van der Waals surface area contributed by atoms with Crippen LogP contribution in [0, 0.1) is 55.4 Å². The van der Waals surface area contributed by atoms with Crippen molar-refractivity contribution < 1.29 is 46.0 Å². The van der Waals surface area contributed by atoms with Crippen LogP contribution in [-0.2, 0) is 46.0 Å². The van der Waals surface area contributed by atoms with E-state index in [2.05, 4.69) is 203 Å². The summed E-state index contributed by atoms with van der Waals surface area (Å²) < 4.78 is 0. The molecule has 0 radical (unpaired) electrons. The predicted molar refractivity (Wildman–Crippen MR) is 246 cm³/mol. The normalized spacial score (nSPS) is 9.78. The van der Waals surface area contributed by atoms with Gasteiger partial charge in [-0.15, -0.1) is 163 Å². The van der Waals surface area contributed by atoms with Crippen LogP contribution in [0.4, 0.5) is 0 Å². The van der Waals surface area contributed by atoms with Gasteiger partial charge in [0, 0.05) is 0 Å². The Bertz CT molecular complexity index is 2050. The summed E-state index contributed by atoms with van der Waals surface area (Å²) in [7, 11) is 0. The van der Waals surface area contributed by atoms with Crippen molar-refractivity contribution in [3.05, 3.63) is 166 Å². The van der Waals surface area contributed by atoms with Gasteiger partial charge in [0.15, 0.2) is 0 Å². The average molecular weight is 1120 g/mol. The van der Waals surface area contributed by atoms with Crippen LogP contribution in [0.1, 0.15) is 44.5 Å². The summed E-state index contributed by atoms with van der Waals surface area (Å²) in [6, 6.07) is 43.6. The molecule has 8 aromatic carbocycles. The van der Waals surface area contributed by atoms with Crippen molar-refractivity contribution in [2.24, 2.45) is 0 Å². The molecule has 0 atom stereocenters. The maximum Gasteiger partial charge on any atom is -0.0488 e. The fourth-order valence-corrected chi connectivity index (χ4v) is 6.16. The largest absolute Gasteiger partial charge is 0.165 e. The van der Waals surface area contributed by atoms with E-state index in [0.717, 1.165) is 0 Å². The van der Waals surface area contributed by atoms with Gasteiger partial charge in [0.05, 0.1) is 0 Å². The standard InChI is InChI=1S/4C11H11.2C2H6Si.2ClH.2Hf/c4*1-8-6-10-5-3-4-9(2)11(10)7-8;2*1-3-2;;;;/h4*3-7H,1-2H3;2*1-2H3;2*1H;;/q4*-1;;;;;2*+2. The molecule has 0 saturated carbocycles. The number of aryl methyl sites for hydroxylation is 8. The zero-order chi connectivity index (χ0) is 38.5. The van der Waals surface area contributed by atoms with Crippen LogP contribution in [-0.4, -0.2) is 11.0 Å². The number of fused-ring (bicyclic) bond motifs is 4. The van der Waals surface area contributed by atoms with E-state index in [1.807, 2.05) is 0 Å². The molecule has 0 aliphatic heterocycles. The minimum atomic E-state index is 0. The molecule has 0 nitrogen and oxygen atoms in total. The first kappa shape index (κ1) is 50.1. The number of rotatable bonds is 0. The minimum Gasteiger partial charge on any atom is -0.165 e. The van der Waals surface area contributed by atoms with E-state index in [-0.39, 0.29) is 35.8 Å². The first-order valence-electron chi connectivity index (χ1n) is 18.1. The smallest absolute Gasteiger partial charge is 0.0488 e. The van der Waals surface area contributed by atoms with E-state index in [0.29, 0.717) is 0 Å². The van der Waals surface area contributed by atoms with E-state index >= 15 is 0 Å². The Labute approximate surface area is 368 Å². The Morgan fingerprint density at radius 2 is 0.519 bits per heavy atom. The van der Waals surface area contributed by atoms with E-state index in [1.54, 1.807) is 0 Å². The molecule has 0 aliphatic carbocycles. The predicted octanol–water partition coefficient (Wildman–Crippen LogP) is 15.1. The summed E-state index contributed by atoms with van der Waals surface area (Å²) in [6.07, 6.45) is 0. The average Bonchev–Trinajstić information content (AvgIpc) is 3.83. The van der Waals surface area contributed by atoms with Crippen LogP contribution in [0.25, 0.3) is 43.1 Å². The summed E-state index contributed by atoms with van der Waals surface area (Å²) in [5.41, 5.74) is 11.4. The van der Waals surface area contributed by atoms with Gasteiger partial charge in [-0.05, 0) is 27.7 Å². The molecule has 0 heterocycles. The Hall–Kier alpha value is -1.93. The Kier molecular flexibility index (Phi) is 22.9. The zero-order valence-electron chi connectivity index (χ0n) is 34.4. The summed E-state index contributed by atoms with van der Waals surface area (Å²) in [5, 5.41) is 11.0. The zero-order valence-corrected chi connectivity index (χ0v) is 45.2. The van der Waals surface area contributed by atoms with Gasteiger partial charge in [-0.3, -0.25) is 0 Å². The van der Waals surface area contributed by atoms with E-state index in [4.69, 9.17) is 0 Å². The molecule has 0 spiro atoms. The molecule has 8 rings (SSSR count). The molecule has 0 aromatic heterocycles. The maximum absolute atomic E-state index is 2.33. The van der Waals surface area contributed by atoms with Gasteiger partial charge >= 0.3 is 83.2 Å². The third-order valence-electron chi connectivity index (χ3n) is 8.45.